The maximum atomic E-state index is 9.28. The predicted molar refractivity (Wildman–Crippen MR) is 56.2 cm³/mol. The lowest BCUT2D eigenvalue weighted by molar-refractivity contribution is 0.401. The lowest BCUT2D eigenvalue weighted by atomic mass is 9.98. The molecule has 1 aromatic rings. The van der Waals surface area contributed by atoms with Crippen LogP contribution in [0.1, 0.15) is 31.9 Å². The van der Waals surface area contributed by atoms with E-state index in [-0.39, 0.29) is 17.5 Å². The van der Waals surface area contributed by atoms with E-state index in [2.05, 4.69) is 13.8 Å². The van der Waals surface area contributed by atoms with Crippen LogP contribution in [-0.2, 0) is 0 Å². The first-order chi connectivity index (χ1) is 6.50. The Labute approximate surface area is 84.2 Å². The molecule has 0 bridgehead atoms. The topological polar surface area (TPSA) is 66.5 Å². The van der Waals surface area contributed by atoms with Gasteiger partial charge in [-0.2, -0.15) is 0 Å². The highest BCUT2D eigenvalue weighted by atomic mass is 16.3. The summed E-state index contributed by atoms with van der Waals surface area (Å²) < 4.78 is 0. The summed E-state index contributed by atoms with van der Waals surface area (Å²) >= 11 is 0. The van der Waals surface area contributed by atoms with E-state index in [0.29, 0.717) is 5.92 Å². The number of nitrogens with two attached hydrogens (primary N) is 1. The summed E-state index contributed by atoms with van der Waals surface area (Å²) in [7, 11) is 0. The van der Waals surface area contributed by atoms with Crippen LogP contribution in [0.25, 0.3) is 0 Å². The van der Waals surface area contributed by atoms with Gasteiger partial charge >= 0.3 is 0 Å². The molecule has 4 N–H and O–H groups in total. The van der Waals surface area contributed by atoms with E-state index in [1.54, 1.807) is 6.07 Å². The molecule has 1 rings (SSSR count). The third-order valence-electron chi connectivity index (χ3n) is 2.15. The molecule has 0 fully saturated rings. The van der Waals surface area contributed by atoms with Crippen LogP contribution in [0.4, 0.5) is 0 Å². The number of phenolic OH excluding ortho intramolecular Hbond substituents is 2. The molecule has 0 radical (unpaired) electrons. The summed E-state index contributed by atoms with van der Waals surface area (Å²) in [5, 5.41) is 18.4. The van der Waals surface area contributed by atoms with Gasteiger partial charge < -0.3 is 15.9 Å². The van der Waals surface area contributed by atoms with Crippen molar-refractivity contribution in [2.75, 3.05) is 0 Å². The van der Waals surface area contributed by atoms with Crippen LogP contribution in [0.15, 0.2) is 18.2 Å². The van der Waals surface area contributed by atoms with Crippen LogP contribution in [0, 0.1) is 5.92 Å². The van der Waals surface area contributed by atoms with Crippen LogP contribution in [0.2, 0.25) is 0 Å². The fourth-order valence-electron chi connectivity index (χ4n) is 1.42. The largest absolute Gasteiger partial charge is 0.504 e. The van der Waals surface area contributed by atoms with E-state index < -0.39 is 0 Å². The zero-order valence-electron chi connectivity index (χ0n) is 8.57. The van der Waals surface area contributed by atoms with Crippen molar-refractivity contribution in [1.29, 1.82) is 0 Å². The third kappa shape index (κ3) is 2.64. The summed E-state index contributed by atoms with van der Waals surface area (Å²) in [6.45, 7) is 4.19. The number of hydrogen-bond acceptors (Lipinski definition) is 3. The standard InChI is InChI=1S/C11H17NO2/c1-7(2)5-9(12)8-3-4-10(13)11(14)6-8/h3-4,6-7,9,13-14H,5,12H2,1-2H3. The first kappa shape index (κ1) is 10.9. The van der Waals surface area contributed by atoms with Gasteiger partial charge in [0.15, 0.2) is 11.5 Å². The zero-order valence-corrected chi connectivity index (χ0v) is 8.57. The van der Waals surface area contributed by atoms with Gasteiger partial charge in [-0.3, -0.25) is 0 Å². The Hall–Kier alpha value is -1.22. The first-order valence-electron chi connectivity index (χ1n) is 4.78. The lowest BCUT2D eigenvalue weighted by Crippen LogP contribution is -2.12. The number of hydrogen-bond donors (Lipinski definition) is 3. The molecule has 0 aliphatic rings. The van der Waals surface area contributed by atoms with Gasteiger partial charge in [0, 0.05) is 6.04 Å². The highest BCUT2D eigenvalue weighted by Gasteiger charge is 2.10. The molecule has 0 saturated heterocycles. The van der Waals surface area contributed by atoms with Gasteiger partial charge in [-0.25, -0.2) is 0 Å². The molecule has 0 aliphatic carbocycles. The quantitative estimate of drug-likeness (QED) is 0.647. The van der Waals surface area contributed by atoms with Gasteiger partial charge in [0.2, 0.25) is 0 Å². The fraction of sp³-hybridized carbons (Fsp3) is 0.455. The van der Waals surface area contributed by atoms with Crippen molar-refractivity contribution in [2.45, 2.75) is 26.3 Å². The van der Waals surface area contributed by atoms with Crippen molar-refractivity contribution < 1.29 is 10.2 Å². The predicted octanol–water partition coefficient (Wildman–Crippen LogP) is 2.14. The summed E-state index contributed by atoms with van der Waals surface area (Å²) in [5.41, 5.74) is 6.78. The van der Waals surface area contributed by atoms with E-state index in [1.807, 2.05) is 0 Å². The number of benzene rings is 1. The Morgan fingerprint density at radius 2 is 1.86 bits per heavy atom. The van der Waals surface area contributed by atoms with Crippen molar-refractivity contribution in [2.24, 2.45) is 11.7 Å². The first-order valence-corrected chi connectivity index (χ1v) is 4.78. The summed E-state index contributed by atoms with van der Waals surface area (Å²) in [4.78, 5) is 0. The van der Waals surface area contributed by atoms with Crippen molar-refractivity contribution in [3.8, 4) is 11.5 Å². The highest BCUT2D eigenvalue weighted by Crippen LogP contribution is 2.28. The molecule has 1 atom stereocenters. The molecular formula is C11H17NO2. The van der Waals surface area contributed by atoms with Crippen LogP contribution < -0.4 is 5.73 Å². The van der Waals surface area contributed by atoms with Gasteiger partial charge in [0.1, 0.15) is 0 Å². The molecule has 0 aliphatic heterocycles. The SMILES string of the molecule is CC(C)CC(N)c1ccc(O)c(O)c1. The summed E-state index contributed by atoms with van der Waals surface area (Å²) in [5.74, 6) is 0.299. The van der Waals surface area contributed by atoms with Crippen LogP contribution in [-0.4, -0.2) is 10.2 Å². The second-order valence-corrected chi connectivity index (χ2v) is 3.98. The minimum absolute atomic E-state index is 0.0819. The monoisotopic (exact) mass is 195 g/mol. The Morgan fingerprint density at radius 3 is 2.36 bits per heavy atom. The van der Waals surface area contributed by atoms with Crippen molar-refractivity contribution in [3.63, 3.8) is 0 Å². The molecular weight excluding hydrogens is 178 g/mol. The van der Waals surface area contributed by atoms with Crippen LogP contribution >= 0.6 is 0 Å². The van der Waals surface area contributed by atoms with Crippen molar-refractivity contribution >= 4 is 0 Å². The third-order valence-corrected chi connectivity index (χ3v) is 2.15. The van der Waals surface area contributed by atoms with E-state index in [9.17, 15) is 5.11 Å². The van der Waals surface area contributed by atoms with E-state index >= 15 is 0 Å². The Bertz CT molecular complexity index is 310. The molecule has 3 heteroatoms. The van der Waals surface area contributed by atoms with E-state index in [0.717, 1.165) is 12.0 Å². The van der Waals surface area contributed by atoms with Gasteiger partial charge in [-0.1, -0.05) is 19.9 Å². The molecule has 78 valence electrons. The van der Waals surface area contributed by atoms with E-state index in [4.69, 9.17) is 10.8 Å². The highest BCUT2D eigenvalue weighted by molar-refractivity contribution is 5.41. The Kier molecular flexibility index (Phi) is 3.36. The Morgan fingerprint density at radius 1 is 1.21 bits per heavy atom. The van der Waals surface area contributed by atoms with E-state index in [1.165, 1.54) is 12.1 Å². The molecule has 0 spiro atoms. The molecule has 1 unspecified atom stereocenters. The summed E-state index contributed by atoms with van der Waals surface area (Å²) in [6.07, 6.45) is 0.865. The lowest BCUT2D eigenvalue weighted by Gasteiger charge is -2.14. The fourth-order valence-corrected chi connectivity index (χ4v) is 1.42. The minimum Gasteiger partial charge on any atom is -0.504 e. The van der Waals surface area contributed by atoms with Crippen LogP contribution in [0.5, 0.6) is 11.5 Å². The normalized spacial score (nSPS) is 13.1. The minimum atomic E-state index is -0.110. The van der Waals surface area contributed by atoms with Crippen molar-refractivity contribution in [1.82, 2.24) is 0 Å². The molecule has 0 saturated carbocycles. The van der Waals surface area contributed by atoms with Gasteiger partial charge in [-0.15, -0.1) is 0 Å². The average molecular weight is 195 g/mol. The smallest absolute Gasteiger partial charge is 0.157 e. The maximum Gasteiger partial charge on any atom is 0.157 e. The maximum absolute atomic E-state index is 9.28. The van der Waals surface area contributed by atoms with Gasteiger partial charge in [0.05, 0.1) is 0 Å². The summed E-state index contributed by atoms with van der Waals surface area (Å²) in [6, 6.07) is 4.64. The van der Waals surface area contributed by atoms with Gasteiger partial charge in [-0.05, 0) is 30.0 Å². The van der Waals surface area contributed by atoms with Crippen molar-refractivity contribution in [3.05, 3.63) is 23.8 Å². The molecule has 3 nitrogen and oxygen atoms in total. The molecule has 14 heavy (non-hydrogen) atoms. The average Bonchev–Trinajstić information content (AvgIpc) is 2.08. The number of phenols is 2. The molecule has 0 amide bonds. The Balaban J connectivity index is 2.80. The molecule has 1 aromatic carbocycles. The van der Waals surface area contributed by atoms with Crippen LogP contribution in [0.3, 0.4) is 0 Å². The molecule has 0 aromatic heterocycles. The van der Waals surface area contributed by atoms with Gasteiger partial charge in [0.25, 0.3) is 0 Å². The zero-order chi connectivity index (χ0) is 10.7. The number of rotatable bonds is 3. The second-order valence-electron chi connectivity index (χ2n) is 3.98. The molecule has 0 heterocycles. The number of aromatic hydroxyl groups is 2. The second kappa shape index (κ2) is 4.33.